The number of aromatic amines is 1. The van der Waals surface area contributed by atoms with Crippen LogP contribution < -0.4 is 5.32 Å². The molecule has 2 aromatic carbocycles. The molecule has 2 aromatic heterocycles. The predicted octanol–water partition coefficient (Wildman–Crippen LogP) is 4.31. The summed E-state index contributed by atoms with van der Waals surface area (Å²) in [5.41, 5.74) is 4.21. The Morgan fingerprint density at radius 2 is 1.83 bits per heavy atom. The van der Waals surface area contributed by atoms with Gasteiger partial charge in [0.2, 0.25) is 5.91 Å². The molecule has 4 rings (SSSR count). The highest BCUT2D eigenvalue weighted by molar-refractivity contribution is 5.94. The lowest BCUT2D eigenvalue weighted by Crippen LogP contribution is -2.13. The number of rotatable bonds is 6. The minimum atomic E-state index is -0.0831. The van der Waals surface area contributed by atoms with Crippen molar-refractivity contribution in [1.82, 2.24) is 20.3 Å². The molecule has 0 saturated heterocycles. The summed E-state index contributed by atoms with van der Waals surface area (Å²) >= 11 is 0. The summed E-state index contributed by atoms with van der Waals surface area (Å²) < 4.78 is 5.16. The molecule has 0 fully saturated rings. The van der Waals surface area contributed by atoms with E-state index in [-0.39, 0.29) is 5.91 Å². The number of aromatic nitrogens is 4. The van der Waals surface area contributed by atoms with Crippen LogP contribution in [0, 0.1) is 13.8 Å². The summed E-state index contributed by atoms with van der Waals surface area (Å²) in [5, 5.41) is 14.2. The summed E-state index contributed by atoms with van der Waals surface area (Å²) in [6.07, 6.45) is 0.915. The van der Waals surface area contributed by atoms with E-state index < -0.39 is 0 Å². The van der Waals surface area contributed by atoms with E-state index in [2.05, 4.69) is 25.7 Å². The number of carbonyl (C=O) groups is 1. The maximum absolute atomic E-state index is 12.5. The van der Waals surface area contributed by atoms with Crippen molar-refractivity contribution in [3.8, 4) is 22.8 Å². The molecular weight excluding hydrogens is 366 g/mol. The van der Waals surface area contributed by atoms with Crippen LogP contribution in [0.15, 0.2) is 59.1 Å². The third-order valence-corrected chi connectivity index (χ3v) is 4.76. The van der Waals surface area contributed by atoms with Gasteiger partial charge in [-0.1, -0.05) is 47.6 Å². The predicted molar refractivity (Wildman–Crippen MR) is 110 cm³/mol. The Bertz CT molecular complexity index is 1110. The Hall–Kier alpha value is -3.74. The smallest absolute Gasteiger partial charge is 0.224 e. The van der Waals surface area contributed by atoms with E-state index in [1.807, 2.05) is 68.4 Å². The molecule has 146 valence electrons. The Morgan fingerprint density at radius 1 is 1.07 bits per heavy atom. The number of benzene rings is 2. The maximum atomic E-state index is 12.5. The average molecular weight is 387 g/mol. The molecule has 0 bridgehead atoms. The molecule has 2 heterocycles. The number of amides is 1. The number of hydrogen-bond acceptors (Lipinski definition) is 5. The minimum Gasteiger partial charge on any atom is -0.361 e. The zero-order chi connectivity index (χ0) is 20.2. The molecule has 4 aromatic rings. The van der Waals surface area contributed by atoms with Gasteiger partial charge in [-0.05, 0) is 32.4 Å². The maximum Gasteiger partial charge on any atom is 0.224 e. The van der Waals surface area contributed by atoms with Crippen molar-refractivity contribution in [1.29, 1.82) is 0 Å². The third kappa shape index (κ3) is 4.08. The van der Waals surface area contributed by atoms with Gasteiger partial charge in [0.1, 0.15) is 5.76 Å². The molecule has 29 heavy (non-hydrogen) atoms. The van der Waals surface area contributed by atoms with Gasteiger partial charge < -0.3 is 9.84 Å². The number of hydrogen-bond donors (Lipinski definition) is 2. The zero-order valence-electron chi connectivity index (χ0n) is 16.3. The molecule has 0 aliphatic heterocycles. The quantitative estimate of drug-likeness (QED) is 0.514. The van der Waals surface area contributed by atoms with Gasteiger partial charge >= 0.3 is 0 Å². The zero-order valence-corrected chi connectivity index (χ0v) is 16.3. The third-order valence-electron chi connectivity index (χ3n) is 4.76. The van der Waals surface area contributed by atoms with Gasteiger partial charge in [-0.2, -0.15) is 5.10 Å². The van der Waals surface area contributed by atoms with Crippen LogP contribution in [-0.2, 0) is 11.2 Å². The highest BCUT2D eigenvalue weighted by Crippen LogP contribution is 2.27. The normalized spacial score (nSPS) is 10.8. The number of anilines is 1. The van der Waals surface area contributed by atoms with Gasteiger partial charge in [0, 0.05) is 23.1 Å². The summed E-state index contributed by atoms with van der Waals surface area (Å²) in [5.74, 6) is 1.89. The van der Waals surface area contributed by atoms with Crippen LogP contribution >= 0.6 is 0 Å². The molecule has 0 radical (unpaired) electrons. The molecule has 0 aliphatic rings. The van der Waals surface area contributed by atoms with Gasteiger partial charge in [0.05, 0.1) is 11.4 Å². The number of nitrogens with zero attached hydrogens (tertiary/aromatic N) is 3. The van der Waals surface area contributed by atoms with Crippen LogP contribution in [0.25, 0.3) is 22.8 Å². The minimum absolute atomic E-state index is 0.0831. The molecule has 1 amide bonds. The summed E-state index contributed by atoms with van der Waals surface area (Å²) in [6, 6.07) is 17.3. The molecule has 0 saturated carbocycles. The molecule has 2 N–H and O–H groups in total. The van der Waals surface area contributed by atoms with Crippen molar-refractivity contribution >= 4 is 11.6 Å². The Labute approximate surface area is 168 Å². The number of aryl methyl sites for hydroxylation is 2. The topological polar surface area (TPSA) is 96.7 Å². The number of nitrogens with one attached hydrogen (secondary N) is 2. The van der Waals surface area contributed by atoms with Crippen molar-refractivity contribution in [2.75, 3.05) is 5.32 Å². The van der Waals surface area contributed by atoms with Crippen LogP contribution in [0.4, 0.5) is 5.69 Å². The Balaban J connectivity index is 1.50. The molecular formula is C22H21N5O2. The second-order valence-electron chi connectivity index (χ2n) is 6.77. The van der Waals surface area contributed by atoms with E-state index in [0.29, 0.717) is 30.2 Å². The van der Waals surface area contributed by atoms with Gasteiger partial charge in [-0.25, -0.2) is 4.98 Å². The van der Waals surface area contributed by atoms with E-state index in [0.717, 1.165) is 28.1 Å². The second kappa shape index (κ2) is 8.10. The first kappa shape index (κ1) is 18.6. The lowest BCUT2D eigenvalue weighted by Gasteiger charge is -2.09. The highest BCUT2D eigenvalue weighted by atomic mass is 16.5. The summed E-state index contributed by atoms with van der Waals surface area (Å²) in [6.45, 7) is 3.74. The van der Waals surface area contributed by atoms with Gasteiger partial charge in [-0.15, -0.1) is 0 Å². The van der Waals surface area contributed by atoms with Crippen LogP contribution in [0.2, 0.25) is 0 Å². The van der Waals surface area contributed by atoms with Crippen molar-refractivity contribution in [3.63, 3.8) is 0 Å². The molecule has 0 unspecified atom stereocenters. The van der Waals surface area contributed by atoms with E-state index in [4.69, 9.17) is 4.52 Å². The highest BCUT2D eigenvalue weighted by Gasteiger charge is 2.15. The van der Waals surface area contributed by atoms with Crippen LogP contribution in [0.5, 0.6) is 0 Å². The lowest BCUT2D eigenvalue weighted by molar-refractivity contribution is -0.116. The van der Waals surface area contributed by atoms with E-state index in [1.165, 1.54) is 0 Å². The Morgan fingerprint density at radius 3 is 2.59 bits per heavy atom. The largest absolute Gasteiger partial charge is 0.361 e. The summed E-state index contributed by atoms with van der Waals surface area (Å²) in [7, 11) is 0. The molecule has 7 heteroatoms. The first-order valence-corrected chi connectivity index (χ1v) is 9.40. The van der Waals surface area contributed by atoms with Crippen molar-refractivity contribution in [2.45, 2.75) is 26.7 Å². The van der Waals surface area contributed by atoms with Crippen LogP contribution in [0.1, 0.15) is 23.4 Å². The number of para-hydroxylation sites is 1. The fraction of sp³-hybridized carbons (Fsp3) is 0.182. The number of H-pyrrole nitrogens is 1. The Kier molecular flexibility index (Phi) is 5.20. The molecule has 0 spiro atoms. The molecule has 0 aliphatic carbocycles. The fourth-order valence-electron chi connectivity index (χ4n) is 3.21. The van der Waals surface area contributed by atoms with Gasteiger partial charge in [0.15, 0.2) is 11.6 Å². The second-order valence-corrected chi connectivity index (χ2v) is 6.77. The first-order chi connectivity index (χ1) is 14.1. The molecule has 7 nitrogen and oxygen atoms in total. The van der Waals surface area contributed by atoms with Gasteiger partial charge in [0.25, 0.3) is 0 Å². The average Bonchev–Trinajstić information content (AvgIpc) is 3.35. The monoisotopic (exact) mass is 387 g/mol. The van der Waals surface area contributed by atoms with E-state index in [9.17, 15) is 4.79 Å². The van der Waals surface area contributed by atoms with Crippen LogP contribution in [0.3, 0.4) is 0 Å². The lowest BCUT2D eigenvalue weighted by atomic mass is 10.1. The van der Waals surface area contributed by atoms with Crippen LogP contribution in [-0.4, -0.2) is 26.2 Å². The molecule has 0 atom stereocenters. The standard InChI is InChI=1S/C22H21N5O2/c1-14-17(15(2)29-27-14)12-13-20(28)23-19-11-7-6-10-18(19)22-24-21(25-26-22)16-8-4-3-5-9-16/h3-11H,12-13H2,1-2H3,(H,23,28)(H,24,25,26). The number of carbonyl (C=O) groups excluding carboxylic acids is 1. The summed E-state index contributed by atoms with van der Waals surface area (Å²) in [4.78, 5) is 17.1. The van der Waals surface area contributed by atoms with E-state index in [1.54, 1.807) is 0 Å². The first-order valence-electron chi connectivity index (χ1n) is 9.40. The van der Waals surface area contributed by atoms with Gasteiger partial charge in [-0.3, -0.25) is 9.89 Å². The van der Waals surface area contributed by atoms with E-state index >= 15 is 0 Å². The fourth-order valence-corrected chi connectivity index (χ4v) is 3.21. The SMILES string of the molecule is Cc1noc(C)c1CCC(=O)Nc1ccccc1-c1nc(-c2ccccc2)n[nH]1. The van der Waals surface area contributed by atoms with Crippen molar-refractivity contribution in [2.24, 2.45) is 0 Å². The van der Waals surface area contributed by atoms with Crippen molar-refractivity contribution in [3.05, 3.63) is 71.6 Å². The van der Waals surface area contributed by atoms with Crippen molar-refractivity contribution < 1.29 is 9.32 Å².